The third-order valence-corrected chi connectivity index (χ3v) is 6.57. The molecule has 32 heavy (non-hydrogen) atoms. The number of hydrogen-bond acceptors (Lipinski definition) is 5. The van der Waals surface area contributed by atoms with Crippen molar-refractivity contribution in [3.05, 3.63) is 77.1 Å². The van der Waals surface area contributed by atoms with E-state index in [1.54, 1.807) is 0 Å². The summed E-state index contributed by atoms with van der Waals surface area (Å²) >= 11 is 1.35. The van der Waals surface area contributed by atoms with Crippen LogP contribution in [0.1, 0.15) is 22.5 Å². The molecule has 3 aromatic carbocycles. The lowest BCUT2D eigenvalue weighted by molar-refractivity contribution is -0.113. The standard InChI is InChI=1S/C25H26N4O2S/c1-16-9-11-20(13-17(16)2)26-24(30)15-32-25-28-27-23(29(25)4)14-31-22-12-10-19-7-5-6-8-21(19)18(22)3/h5-13H,14-15H2,1-4H3,(H,26,30). The minimum Gasteiger partial charge on any atom is -0.485 e. The predicted molar refractivity (Wildman–Crippen MR) is 129 cm³/mol. The molecule has 164 valence electrons. The van der Waals surface area contributed by atoms with Crippen molar-refractivity contribution in [3.63, 3.8) is 0 Å². The van der Waals surface area contributed by atoms with Crippen molar-refractivity contribution in [1.29, 1.82) is 0 Å². The molecule has 0 aliphatic carbocycles. The summed E-state index contributed by atoms with van der Waals surface area (Å²) in [6.45, 7) is 6.44. The molecule has 1 amide bonds. The third-order valence-electron chi connectivity index (χ3n) is 5.55. The lowest BCUT2D eigenvalue weighted by Crippen LogP contribution is -2.14. The first-order valence-electron chi connectivity index (χ1n) is 10.4. The molecular weight excluding hydrogens is 420 g/mol. The van der Waals surface area contributed by atoms with Crippen LogP contribution in [0.15, 0.2) is 59.8 Å². The molecule has 1 heterocycles. The first-order valence-corrected chi connectivity index (χ1v) is 11.4. The number of aryl methyl sites for hydroxylation is 3. The summed E-state index contributed by atoms with van der Waals surface area (Å²) in [6, 6.07) is 18.2. The summed E-state index contributed by atoms with van der Waals surface area (Å²) in [4.78, 5) is 12.3. The SMILES string of the molecule is Cc1ccc(NC(=O)CSc2nnc(COc3ccc4ccccc4c3C)n2C)cc1C. The zero-order chi connectivity index (χ0) is 22.7. The number of carbonyl (C=O) groups is 1. The molecule has 1 aromatic heterocycles. The van der Waals surface area contributed by atoms with E-state index in [1.165, 1.54) is 28.1 Å². The van der Waals surface area contributed by atoms with Crippen molar-refractivity contribution in [2.45, 2.75) is 32.5 Å². The molecule has 0 fully saturated rings. The van der Waals surface area contributed by atoms with Crippen LogP contribution >= 0.6 is 11.8 Å². The monoisotopic (exact) mass is 446 g/mol. The molecule has 0 aliphatic heterocycles. The number of anilines is 1. The summed E-state index contributed by atoms with van der Waals surface area (Å²) in [5.74, 6) is 1.71. The average Bonchev–Trinajstić information content (AvgIpc) is 3.14. The van der Waals surface area contributed by atoms with Gasteiger partial charge in [-0.2, -0.15) is 0 Å². The number of benzene rings is 3. The van der Waals surface area contributed by atoms with Gasteiger partial charge in [0.25, 0.3) is 0 Å². The van der Waals surface area contributed by atoms with E-state index >= 15 is 0 Å². The summed E-state index contributed by atoms with van der Waals surface area (Å²) in [6.07, 6.45) is 0. The smallest absolute Gasteiger partial charge is 0.234 e. The van der Waals surface area contributed by atoms with Gasteiger partial charge in [-0.05, 0) is 66.4 Å². The van der Waals surface area contributed by atoms with Crippen LogP contribution in [-0.2, 0) is 18.4 Å². The number of aromatic nitrogens is 3. The molecule has 7 heteroatoms. The van der Waals surface area contributed by atoms with Crippen LogP contribution in [0, 0.1) is 20.8 Å². The third kappa shape index (κ3) is 4.78. The molecule has 0 aliphatic rings. The fourth-order valence-electron chi connectivity index (χ4n) is 3.45. The Morgan fingerprint density at radius 1 is 1.03 bits per heavy atom. The van der Waals surface area contributed by atoms with Gasteiger partial charge in [-0.1, -0.05) is 48.2 Å². The molecule has 0 spiro atoms. The van der Waals surface area contributed by atoms with E-state index in [0.717, 1.165) is 22.6 Å². The van der Waals surface area contributed by atoms with Gasteiger partial charge in [0.2, 0.25) is 5.91 Å². The Morgan fingerprint density at radius 3 is 2.66 bits per heavy atom. The van der Waals surface area contributed by atoms with Crippen LogP contribution in [0.5, 0.6) is 5.75 Å². The Hall–Kier alpha value is -3.32. The predicted octanol–water partition coefficient (Wildman–Crippen LogP) is 5.20. The highest BCUT2D eigenvalue weighted by Crippen LogP contribution is 2.28. The van der Waals surface area contributed by atoms with Crippen molar-refractivity contribution >= 4 is 34.1 Å². The van der Waals surface area contributed by atoms with E-state index in [2.05, 4.69) is 40.6 Å². The normalized spacial score (nSPS) is 11.0. The number of fused-ring (bicyclic) bond motifs is 1. The van der Waals surface area contributed by atoms with Gasteiger partial charge in [-0.15, -0.1) is 10.2 Å². The molecular formula is C25H26N4O2S. The van der Waals surface area contributed by atoms with Gasteiger partial charge in [0.15, 0.2) is 11.0 Å². The van der Waals surface area contributed by atoms with E-state index in [1.807, 2.05) is 61.9 Å². The molecule has 1 N–H and O–H groups in total. The van der Waals surface area contributed by atoms with Gasteiger partial charge < -0.3 is 14.6 Å². The molecule has 4 aromatic rings. The van der Waals surface area contributed by atoms with Crippen molar-refractivity contribution in [2.75, 3.05) is 11.1 Å². The molecule has 0 saturated heterocycles. The molecule has 6 nitrogen and oxygen atoms in total. The minimum atomic E-state index is -0.0779. The number of thioether (sulfide) groups is 1. The first-order chi connectivity index (χ1) is 15.4. The summed E-state index contributed by atoms with van der Waals surface area (Å²) in [5, 5.41) is 14.4. The zero-order valence-electron chi connectivity index (χ0n) is 18.7. The van der Waals surface area contributed by atoms with Gasteiger partial charge in [0, 0.05) is 12.7 Å². The fourth-order valence-corrected chi connectivity index (χ4v) is 4.18. The van der Waals surface area contributed by atoms with Crippen molar-refractivity contribution in [3.8, 4) is 5.75 Å². The fraction of sp³-hybridized carbons (Fsp3) is 0.240. The number of carbonyl (C=O) groups excluding carboxylic acids is 1. The highest BCUT2D eigenvalue weighted by molar-refractivity contribution is 7.99. The second-order valence-corrected chi connectivity index (χ2v) is 8.73. The second-order valence-electron chi connectivity index (χ2n) is 7.79. The van der Waals surface area contributed by atoms with Crippen LogP contribution in [-0.4, -0.2) is 26.4 Å². The topological polar surface area (TPSA) is 69.0 Å². The van der Waals surface area contributed by atoms with Crippen molar-refractivity contribution in [1.82, 2.24) is 14.8 Å². The summed E-state index contributed by atoms with van der Waals surface area (Å²) in [7, 11) is 1.88. The lowest BCUT2D eigenvalue weighted by Gasteiger charge is -2.11. The molecule has 0 bridgehead atoms. The van der Waals surface area contributed by atoms with Gasteiger partial charge >= 0.3 is 0 Å². The quantitative estimate of drug-likeness (QED) is 0.395. The van der Waals surface area contributed by atoms with Gasteiger partial charge in [-0.3, -0.25) is 4.79 Å². The minimum absolute atomic E-state index is 0.0779. The molecule has 0 atom stereocenters. The maximum atomic E-state index is 12.3. The van der Waals surface area contributed by atoms with E-state index < -0.39 is 0 Å². The zero-order valence-corrected chi connectivity index (χ0v) is 19.5. The molecule has 4 rings (SSSR count). The number of amides is 1. The maximum Gasteiger partial charge on any atom is 0.234 e. The largest absolute Gasteiger partial charge is 0.485 e. The van der Waals surface area contributed by atoms with Gasteiger partial charge in [0.05, 0.1) is 5.75 Å². The summed E-state index contributed by atoms with van der Waals surface area (Å²) in [5.41, 5.74) is 4.25. The number of ether oxygens (including phenoxy) is 1. The Kier molecular flexibility index (Phi) is 6.46. The van der Waals surface area contributed by atoms with E-state index in [-0.39, 0.29) is 11.7 Å². The second kappa shape index (κ2) is 9.44. The van der Waals surface area contributed by atoms with Crippen LogP contribution in [0.2, 0.25) is 0 Å². The Morgan fingerprint density at radius 2 is 1.84 bits per heavy atom. The van der Waals surface area contributed by atoms with Crippen LogP contribution in [0.4, 0.5) is 5.69 Å². The van der Waals surface area contributed by atoms with Crippen molar-refractivity contribution < 1.29 is 9.53 Å². The van der Waals surface area contributed by atoms with E-state index in [9.17, 15) is 4.79 Å². The van der Waals surface area contributed by atoms with Crippen molar-refractivity contribution in [2.24, 2.45) is 7.05 Å². The van der Waals surface area contributed by atoms with Crippen LogP contribution in [0.3, 0.4) is 0 Å². The van der Waals surface area contributed by atoms with E-state index in [0.29, 0.717) is 17.6 Å². The molecule has 0 unspecified atom stereocenters. The number of nitrogens with one attached hydrogen (secondary N) is 1. The highest BCUT2D eigenvalue weighted by atomic mass is 32.2. The Balaban J connectivity index is 1.35. The van der Waals surface area contributed by atoms with E-state index in [4.69, 9.17) is 4.74 Å². The average molecular weight is 447 g/mol. The maximum absolute atomic E-state index is 12.3. The van der Waals surface area contributed by atoms with Gasteiger partial charge in [-0.25, -0.2) is 0 Å². The highest BCUT2D eigenvalue weighted by Gasteiger charge is 2.13. The first kappa shape index (κ1) is 21.9. The Labute approximate surface area is 192 Å². The lowest BCUT2D eigenvalue weighted by atomic mass is 10.0. The molecule has 0 radical (unpaired) electrons. The molecule has 0 saturated carbocycles. The Bertz CT molecular complexity index is 1280. The van der Waals surface area contributed by atoms with Crippen LogP contribution < -0.4 is 10.1 Å². The number of rotatable bonds is 7. The number of nitrogens with zero attached hydrogens (tertiary/aromatic N) is 3. The summed E-state index contributed by atoms with van der Waals surface area (Å²) < 4.78 is 7.90. The van der Waals surface area contributed by atoms with Crippen LogP contribution in [0.25, 0.3) is 10.8 Å². The number of hydrogen-bond donors (Lipinski definition) is 1. The van der Waals surface area contributed by atoms with Gasteiger partial charge in [0.1, 0.15) is 12.4 Å².